The number of anilines is 1. The van der Waals surface area contributed by atoms with Gasteiger partial charge in [-0.15, -0.1) is 0 Å². The minimum Gasteiger partial charge on any atom is -0.349 e. The van der Waals surface area contributed by atoms with Crippen molar-refractivity contribution in [1.29, 1.82) is 0 Å². The van der Waals surface area contributed by atoms with Crippen molar-refractivity contribution in [3.63, 3.8) is 0 Å². The number of nitrogens with zero attached hydrogens (tertiary/aromatic N) is 4. The van der Waals surface area contributed by atoms with E-state index in [0.717, 1.165) is 5.69 Å². The zero-order valence-electron chi connectivity index (χ0n) is 11.8. The average Bonchev–Trinajstić information content (AvgIpc) is 2.77. The van der Waals surface area contributed by atoms with Crippen LogP contribution in [-0.4, -0.2) is 26.2 Å². The smallest absolute Gasteiger partial charge is 0.248 e. The molecule has 1 saturated carbocycles. The van der Waals surface area contributed by atoms with Gasteiger partial charge in [0, 0.05) is 6.04 Å². The van der Waals surface area contributed by atoms with Crippen LogP contribution in [0.25, 0.3) is 5.69 Å². The molecule has 0 saturated heterocycles. The van der Waals surface area contributed by atoms with E-state index in [2.05, 4.69) is 48.5 Å². The van der Waals surface area contributed by atoms with Gasteiger partial charge in [0.1, 0.15) is 0 Å². The normalized spacial score (nSPS) is 20.2. The van der Waals surface area contributed by atoms with E-state index in [4.69, 9.17) is 0 Å². The second-order valence-electron chi connectivity index (χ2n) is 6.27. The molecule has 0 atom stereocenters. The van der Waals surface area contributed by atoms with Crippen LogP contribution < -0.4 is 5.32 Å². The van der Waals surface area contributed by atoms with Gasteiger partial charge in [0.15, 0.2) is 0 Å². The summed E-state index contributed by atoms with van der Waals surface area (Å²) in [5.74, 6) is 0.704. The zero-order chi connectivity index (χ0) is 13.7. The van der Waals surface area contributed by atoms with Crippen molar-refractivity contribution in [2.45, 2.75) is 33.7 Å². The molecule has 1 aromatic heterocycles. The van der Waals surface area contributed by atoms with Crippen molar-refractivity contribution in [2.24, 2.45) is 10.8 Å². The standard InChI is InChI=1S/C14H19N5/c1-13(2)11(14(13,3)4)15-12-16-17-18-19(12)10-8-6-5-7-9-10/h5-9,11H,1-4H3,(H,15,16,18). The number of hydrogen-bond acceptors (Lipinski definition) is 4. The molecular formula is C14H19N5. The molecule has 5 heteroatoms. The number of tetrazole rings is 1. The van der Waals surface area contributed by atoms with Crippen LogP contribution >= 0.6 is 0 Å². The van der Waals surface area contributed by atoms with Crippen molar-refractivity contribution in [3.8, 4) is 5.69 Å². The number of nitrogens with one attached hydrogen (secondary N) is 1. The van der Waals surface area contributed by atoms with Crippen molar-refractivity contribution >= 4 is 5.95 Å². The maximum atomic E-state index is 4.09. The number of benzene rings is 1. The fourth-order valence-corrected chi connectivity index (χ4v) is 2.71. The summed E-state index contributed by atoms with van der Waals surface area (Å²) in [6, 6.07) is 10.3. The Hall–Kier alpha value is -1.91. The van der Waals surface area contributed by atoms with E-state index in [9.17, 15) is 0 Å². The molecule has 0 spiro atoms. The Balaban J connectivity index is 1.87. The van der Waals surface area contributed by atoms with E-state index in [1.807, 2.05) is 30.3 Å². The molecule has 2 aromatic rings. The van der Waals surface area contributed by atoms with E-state index in [0.29, 0.717) is 12.0 Å². The highest BCUT2D eigenvalue weighted by Crippen LogP contribution is 2.63. The van der Waals surface area contributed by atoms with E-state index < -0.39 is 0 Å². The quantitative estimate of drug-likeness (QED) is 0.918. The predicted molar refractivity (Wildman–Crippen MR) is 74.1 cm³/mol. The van der Waals surface area contributed by atoms with Crippen molar-refractivity contribution in [1.82, 2.24) is 20.2 Å². The number of rotatable bonds is 3. The lowest BCUT2D eigenvalue weighted by atomic mass is 10.0. The first-order valence-corrected chi connectivity index (χ1v) is 6.55. The highest BCUT2D eigenvalue weighted by molar-refractivity contribution is 5.42. The van der Waals surface area contributed by atoms with Crippen molar-refractivity contribution in [2.75, 3.05) is 5.32 Å². The van der Waals surface area contributed by atoms with Gasteiger partial charge in [-0.1, -0.05) is 51.0 Å². The SMILES string of the molecule is CC1(C)C(Nc2nnnn2-c2ccccc2)C1(C)C. The highest BCUT2D eigenvalue weighted by atomic mass is 15.6. The van der Waals surface area contributed by atoms with E-state index in [-0.39, 0.29) is 10.8 Å². The Kier molecular flexibility index (Phi) is 2.42. The molecule has 1 fully saturated rings. The molecule has 0 unspecified atom stereocenters. The van der Waals surface area contributed by atoms with Crippen molar-refractivity contribution in [3.05, 3.63) is 30.3 Å². The molecule has 100 valence electrons. The molecular weight excluding hydrogens is 238 g/mol. The summed E-state index contributed by atoms with van der Waals surface area (Å²) in [4.78, 5) is 0. The third-order valence-electron chi connectivity index (χ3n) is 4.76. The van der Waals surface area contributed by atoms with Crippen LogP contribution in [0.15, 0.2) is 30.3 Å². The molecule has 0 aliphatic heterocycles. The van der Waals surface area contributed by atoms with Gasteiger partial charge >= 0.3 is 0 Å². The molecule has 0 amide bonds. The maximum Gasteiger partial charge on any atom is 0.248 e. The number of aromatic nitrogens is 4. The number of para-hydroxylation sites is 1. The Morgan fingerprint density at radius 2 is 1.68 bits per heavy atom. The van der Waals surface area contributed by atoms with Gasteiger partial charge < -0.3 is 5.32 Å². The third-order valence-corrected chi connectivity index (χ3v) is 4.76. The first-order chi connectivity index (χ1) is 8.94. The first kappa shape index (κ1) is 12.1. The van der Waals surface area contributed by atoms with E-state index >= 15 is 0 Å². The number of hydrogen-bond donors (Lipinski definition) is 1. The van der Waals surface area contributed by atoms with Crippen LogP contribution in [0.4, 0.5) is 5.95 Å². The fourth-order valence-electron chi connectivity index (χ4n) is 2.71. The summed E-state index contributed by atoms with van der Waals surface area (Å²) in [6.07, 6.45) is 0. The molecule has 1 aliphatic carbocycles. The minimum absolute atomic E-state index is 0.250. The topological polar surface area (TPSA) is 55.6 Å². The molecule has 1 aromatic carbocycles. The molecule has 5 nitrogen and oxygen atoms in total. The zero-order valence-corrected chi connectivity index (χ0v) is 11.8. The van der Waals surface area contributed by atoms with Gasteiger partial charge in [0.25, 0.3) is 0 Å². The monoisotopic (exact) mass is 257 g/mol. The molecule has 1 N–H and O–H groups in total. The third kappa shape index (κ3) is 1.72. The van der Waals surface area contributed by atoms with Crippen LogP contribution in [0.2, 0.25) is 0 Å². The minimum atomic E-state index is 0.250. The molecule has 0 bridgehead atoms. The largest absolute Gasteiger partial charge is 0.349 e. The lowest BCUT2D eigenvalue weighted by molar-refractivity contribution is 0.457. The van der Waals surface area contributed by atoms with E-state index in [1.54, 1.807) is 4.68 Å². The maximum absolute atomic E-state index is 4.09. The lowest BCUT2D eigenvalue weighted by Gasteiger charge is -2.08. The molecule has 1 aliphatic rings. The Morgan fingerprint density at radius 3 is 2.26 bits per heavy atom. The Bertz CT molecular complexity index is 571. The summed E-state index contributed by atoms with van der Waals surface area (Å²) in [5, 5.41) is 15.4. The van der Waals surface area contributed by atoms with Crippen LogP contribution in [0.1, 0.15) is 27.7 Å². The molecule has 1 heterocycles. The van der Waals surface area contributed by atoms with Gasteiger partial charge in [-0.2, -0.15) is 4.68 Å². The molecule has 0 radical (unpaired) electrons. The van der Waals surface area contributed by atoms with Crippen LogP contribution in [0, 0.1) is 10.8 Å². The van der Waals surface area contributed by atoms with Crippen LogP contribution in [-0.2, 0) is 0 Å². The molecule has 3 rings (SSSR count). The summed E-state index contributed by atoms with van der Waals surface area (Å²) in [7, 11) is 0. The molecule has 19 heavy (non-hydrogen) atoms. The highest BCUT2D eigenvalue weighted by Gasteiger charge is 2.65. The second-order valence-corrected chi connectivity index (χ2v) is 6.27. The van der Waals surface area contributed by atoms with Crippen molar-refractivity contribution < 1.29 is 0 Å². The van der Waals surface area contributed by atoms with E-state index in [1.165, 1.54) is 0 Å². The summed E-state index contributed by atoms with van der Waals surface area (Å²) in [6.45, 7) is 9.06. The van der Waals surface area contributed by atoms with Gasteiger partial charge in [-0.25, -0.2) is 0 Å². The summed E-state index contributed by atoms with van der Waals surface area (Å²) < 4.78 is 1.74. The predicted octanol–water partition coefficient (Wildman–Crippen LogP) is 2.51. The lowest BCUT2D eigenvalue weighted by Crippen LogP contribution is -2.14. The Labute approximate surface area is 113 Å². The fraction of sp³-hybridized carbons (Fsp3) is 0.500. The van der Waals surface area contributed by atoms with Gasteiger partial charge in [-0.05, 0) is 33.4 Å². The van der Waals surface area contributed by atoms with Gasteiger partial charge in [-0.3, -0.25) is 0 Å². The average molecular weight is 257 g/mol. The first-order valence-electron chi connectivity index (χ1n) is 6.55. The second kappa shape index (κ2) is 3.79. The summed E-state index contributed by atoms with van der Waals surface area (Å²) in [5.41, 5.74) is 1.47. The van der Waals surface area contributed by atoms with Crippen LogP contribution in [0.5, 0.6) is 0 Å². The van der Waals surface area contributed by atoms with Gasteiger partial charge in [0.2, 0.25) is 5.95 Å². The summed E-state index contributed by atoms with van der Waals surface area (Å²) >= 11 is 0. The van der Waals surface area contributed by atoms with Crippen LogP contribution in [0.3, 0.4) is 0 Å². The van der Waals surface area contributed by atoms with Gasteiger partial charge in [0.05, 0.1) is 5.69 Å². The Morgan fingerprint density at radius 1 is 1.05 bits per heavy atom.